The van der Waals surface area contributed by atoms with E-state index in [0.717, 1.165) is 31.2 Å². The number of nitrogens with zero attached hydrogens (tertiary/aromatic N) is 2. The number of aromatic nitrogens is 1. The number of carbonyl (C=O) groups is 1. The molecule has 2 heterocycles. The summed E-state index contributed by atoms with van der Waals surface area (Å²) in [6, 6.07) is 6.95. The van der Waals surface area contributed by atoms with E-state index in [0.29, 0.717) is 15.9 Å². The van der Waals surface area contributed by atoms with Crippen LogP contribution in [0.4, 0.5) is 5.13 Å². The van der Waals surface area contributed by atoms with Crippen LogP contribution in [0.25, 0.3) is 0 Å². The number of ether oxygens (including phenoxy) is 1. The van der Waals surface area contributed by atoms with Gasteiger partial charge in [0.15, 0.2) is 11.2 Å². The summed E-state index contributed by atoms with van der Waals surface area (Å²) < 4.78 is 5.64. The molecule has 2 atom stereocenters. The molecule has 0 aliphatic carbocycles. The maximum Gasteiger partial charge on any atom is 0.266 e. The SMILES string of the molecule is C[C@H]1CCCN(Cc2csc(NC(=O)[C@H](C)Oc3ccc(Cl)cc3)n2)C1. The van der Waals surface area contributed by atoms with Crippen LogP contribution in [0.2, 0.25) is 5.02 Å². The number of thiazole rings is 1. The lowest BCUT2D eigenvalue weighted by Gasteiger charge is -2.30. The average molecular weight is 394 g/mol. The fourth-order valence-electron chi connectivity index (χ4n) is 3.07. The van der Waals surface area contributed by atoms with E-state index < -0.39 is 6.10 Å². The third-order valence-electron chi connectivity index (χ3n) is 4.40. The fraction of sp³-hybridized carbons (Fsp3) is 0.474. The quantitative estimate of drug-likeness (QED) is 0.788. The topological polar surface area (TPSA) is 54.5 Å². The zero-order valence-electron chi connectivity index (χ0n) is 15.1. The lowest BCUT2D eigenvalue weighted by molar-refractivity contribution is -0.122. The van der Waals surface area contributed by atoms with Crippen molar-refractivity contribution in [3.63, 3.8) is 0 Å². The Morgan fingerprint density at radius 3 is 2.96 bits per heavy atom. The molecular formula is C19H24ClN3O2S. The predicted molar refractivity (Wildman–Crippen MR) is 106 cm³/mol. The maximum absolute atomic E-state index is 12.3. The van der Waals surface area contributed by atoms with E-state index in [1.54, 1.807) is 31.2 Å². The molecule has 5 nitrogen and oxygen atoms in total. The summed E-state index contributed by atoms with van der Waals surface area (Å²) >= 11 is 7.30. The van der Waals surface area contributed by atoms with Gasteiger partial charge >= 0.3 is 0 Å². The number of nitrogens with one attached hydrogen (secondary N) is 1. The molecule has 0 radical (unpaired) electrons. The van der Waals surface area contributed by atoms with E-state index in [1.807, 2.05) is 5.38 Å². The van der Waals surface area contributed by atoms with E-state index in [-0.39, 0.29) is 5.91 Å². The van der Waals surface area contributed by atoms with Crippen molar-refractivity contribution in [3.8, 4) is 5.75 Å². The van der Waals surface area contributed by atoms with E-state index >= 15 is 0 Å². The minimum atomic E-state index is -0.619. The highest BCUT2D eigenvalue weighted by Gasteiger charge is 2.19. The van der Waals surface area contributed by atoms with E-state index in [9.17, 15) is 4.79 Å². The molecule has 1 saturated heterocycles. The van der Waals surface area contributed by atoms with Gasteiger partial charge in [0.2, 0.25) is 0 Å². The number of halogens is 1. The largest absolute Gasteiger partial charge is 0.481 e. The van der Waals surface area contributed by atoms with Crippen molar-refractivity contribution in [1.29, 1.82) is 0 Å². The lowest BCUT2D eigenvalue weighted by atomic mass is 10.0. The van der Waals surface area contributed by atoms with Crippen LogP contribution in [-0.2, 0) is 11.3 Å². The number of carbonyl (C=O) groups excluding carboxylic acids is 1. The Morgan fingerprint density at radius 1 is 1.46 bits per heavy atom. The van der Waals surface area contributed by atoms with Crippen molar-refractivity contribution in [3.05, 3.63) is 40.4 Å². The molecule has 1 amide bonds. The van der Waals surface area contributed by atoms with Gasteiger partial charge in [-0.05, 0) is 56.5 Å². The molecule has 7 heteroatoms. The summed E-state index contributed by atoms with van der Waals surface area (Å²) in [5.41, 5.74) is 1.01. The molecule has 1 fully saturated rings. The van der Waals surface area contributed by atoms with Crippen LogP contribution in [0.1, 0.15) is 32.4 Å². The van der Waals surface area contributed by atoms with Gasteiger partial charge in [0.1, 0.15) is 5.75 Å². The molecule has 26 heavy (non-hydrogen) atoms. The standard InChI is InChI=1S/C19H24ClN3O2S/c1-13-4-3-9-23(10-13)11-16-12-26-19(21-16)22-18(24)14(2)25-17-7-5-15(20)6-8-17/h5-8,12-14H,3-4,9-11H2,1-2H3,(H,21,22,24)/t13-,14-/m0/s1. The number of likely N-dealkylation sites (tertiary alicyclic amines) is 1. The lowest BCUT2D eigenvalue weighted by Crippen LogP contribution is -2.33. The summed E-state index contributed by atoms with van der Waals surface area (Å²) in [6.07, 6.45) is 1.93. The van der Waals surface area contributed by atoms with Gasteiger partial charge < -0.3 is 4.74 Å². The Hall–Kier alpha value is -1.63. The first-order chi connectivity index (χ1) is 12.5. The molecule has 140 valence electrons. The van der Waals surface area contributed by atoms with Crippen LogP contribution in [0.15, 0.2) is 29.6 Å². The highest BCUT2D eigenvalue weighted by molar-refractivity contribution is 7.13. The molecule has 0 saturated carbocycles. The molecule has 2 aromatic rings. The zero-order chi connectivity index (χ0) is 18.5. The maximum atomic E-state index is 12.3. The van der Waals surface area contributed by atoms with E-state index in [1.165, 1.54) is 24.2 Å². The van der Waals surface area contributed by atoms with Crippen LogP contribution in [0, 0.1) is 5.92 Å². The van der Waals surface area contributed by atoms with Crippen molar-refractivity contribution < 1.29 is 9.53 Å². The summed E-state index contributed by atoms with van der Waals surface area (Å²) in [6.45, 7) is 7.09. The number of hydrogen-bond acceptors (Lipinski definition) is 5. The van der Waals surface area contributed by atoms with E-state index in [4.69, 9.17) is 16.3 Å². The van der Waals surface area contributed by atoms with Crippen LogP contribution in [0.5, 0.6) is 5.75 Å². The first-order valence-electron chi connectivity index (χ1n) is 8.89. The van der Waals surface area contributed by atoms with Gasteiger partial charge in [-0.3, -0.25) is 15.0 Å². The van der Waals surface area contributed by atoms with Crippen molar-refractivity contribution in [2.75, 3.05) is 18.4 Å². The summed E-state index contributed by atoms with van der Waals surface area (Å²) in [5.74, 6) is 1.14. The zero-order valence-corrected chi connectivity index (χ0v) is 16.6. The van der Waals surface area contributed by atoms with Gasteiger partial charge in [-0.15, -0.1) is 11.3 Å². The Bertz CT molecular complexity index is 735. The Balaban J connectivity index is 1.51. The van der Waals surface area contributed by atoms with Gasteiger partial charge in [0.05, 0.1) is 5.69 Å². The number of amides is 1. The van der Waals surface area contributed by atoms with Crippen LogP contribution < -0.4 is 10.1 Å². The van der Waals surface area contributed by atoms with Gasteiger partial charge in [-0.1, -0.05) is 18.5 Å². The summed E-state index contributed by atoms with van der Waals surface area (Å²) in [5, 5.41) is 6.10. The number of anilines is 1. The third kappa shape index (κ3) is 5.43. The molecule has 0 bridgehead atoms. The van der Waals surface area contributed by atoms with Gasteiger partial charge in [0, 0.05) is 23.5 Å². The number of hydrogen-bond donors (Lipinski definition) is 1. The minimum Gasteiger partial charge on any atom is -0.481 e. The number of rotatable bonds is 6. The molecular weight excluding hydrogens is 370 g/mol. The molecule has 1 aromatic carbocycles. The van der Waals surface area contributed by atoms with Crippen molar-refractivity contribution in [1.82, 2.24) is 9.88 Å². The molecule has 0 spiro atoms. The summed E-state index contributed by atoms with van der Waals surface area (Å²) in [4.78, 5) is 19.3. The van der Waals surface area contributed by atoms with Crippen LogP contribution >= 0.6 is 22.9 Å². The monoisotopic (exact) mass is 393 g/mol. The predicted octanol–water partition coefficient (Wildman–Crippen LogP) is 4.43. The van der Waals surface area contributed by atoms with Crippen LogP contribution in [-0.4, -0.2) is 35.0 Å². The number of piperidine rings is 1. The van der Waals surface area contributed by atoms with E-state index in [2.05, 4.69) is 22.1 Å². The Kier molecular flexibility index (Phi) is 6.51. The molecule has 1 aliphatic heterocycles. The van der Waals surface area contributed by atoms with Crippen LogP contribution in [0.3, 0.4) is 0 Å². The fourth-order valence-corrected chi connectivity index (χ4v) is 3.90. The second-order valence-corrected chi connectivity index (χ2v) is 8.12. The second kappa shape index (κ2) is 8.84. The van der Waals surface area contributed by atoms with Crippen molar-refractivity contribution >= 4 is 34.0 Å². The highest BCUT2D eigenvalue weighted by atomic mass is 35.5. The Labute approximate surface area is 163 Å². The van der Waals surface area contributed by atoms with Crippen molar-refractivity contribution in [2.24, 2.45) is 5.92 Å². The summed E-state index contributed by atoms with van der Waals surface area (Å²) in [7, 11) is 0. The van der Waals surface area contributed by atoms with Gasteiger partial charge in [-0.25, -0.2) is 4.98 Å². The Morgan fingerprint density at radius 2 is 2.23 bits per heavy atom. The average Bonchev–Trinajstić information content (AvgIpc) is 3.03. The van der Waals surface area contributed by atoms with Crippen molar-refractivity contribution in [2.45, 2.75) is 39.3 Å². The molecule has 0 unspecified atom stereocenters. The minimum absolute atomic E-state index is 0.215. The van der Waals surface area contributed by atoms with Gasteiger partial charge in [0.25, 0.3) is 5.91 Å². The third-order valence-corrected chi connectivity index (χ3v) is 5.46. The first-order valence-corrected chi connectivity index (χ1v) is 10.1. The highest BCUT2D eigenvalue weighted by Crippen LogP contribution is 2.22. The normalized spacial score (nSPS) is 19.1. The van der Waals surface area contributed by atoms with Gasteiger partial charge in [-0.2, -0.15) is 0 Å². The second-order valence-electron chi connectivity index (χ2n) is 6.83. The smallest absolute Gasteiger partial charge is 0.266 e. The molecule has 3 rings (SSSR count). The molecule has 1 N–H and O–H groups in total. The molecule has 1 aromatic heterocycles. The molecule has 1 aliphatic rings. The number of benzene rings is 1. The first kappa shape index (κ1) is 19.1.